The second-order valence-electron chi connectivity index (χ2n) is 4.01. The van der Waals surface area contributed by atoms with Gasteiger partial charge in [0, 0.05) is 6.07 Å². The van der Waals surface area contributed by atoms with E-state index < -0.39 is 0 Å². The standard InChI is InChI=1S/C12H15FN6/c13-8-3-1-4-9(7-8)16-18-11-10(5-2-6-14)17-19-12(11)15/h1,3-4,7H,2,5-6,14H2,(H3,15,17,19). The lowest BCUT2D eigenvalue weighted by molar-refractivity contribution is 0.628. The predicted molar refractivity (Wildman–Crippen MR) is 71.0 cm³/mol. The number of nitrogens with two attached hydrogens (primary N) is 2. The Kier molecular flexibility index (Phi) is 4.19. The molecule has 100 valence electrons. The Morgan fingerprint density at radius 1 is 1.32 bits per heavy atom. The molecule has 1 aromatic carbocycles. The third-order valence-electron chi connectivity index (χ3n) is 2.54. The van der Waals surface area contributed by atoms with Crippen LogP contribution in [-0.4, -0.2) is 16.7 Å². The summed E-state index contributed by atoms with van der Waals surface area (Å²) in [6, 6.07) is 5.86. The van der Waals surface area contributed by atoms with Gasteiger partial charge in [-0.25, -0.2) is 4.39 Å². The molecule has 0 saturated heterocycles. The van der Waals surface area contributed by atoms with Gasteiger partial charge in [-0.2, -0.15) is 10.2 Å². The minimum Gasteiger partial charge on any atom is -0.380 e. The lowest BCUT2D eigenvalue weighted by atomic mass is 10.2. The Balaban J connectivity index is 2.20. The van der Waals surface area contributed by atoms with E-state index in [4.69, 9.17) is 11.5 Å². The van der Waals surface area contributed by atoms with Gasteiger partial charge in [0.2, 0.25) is 0 Å². The van der Waals surface area contributed by atoms with Crippen LogP contribution in [0.1, 0.15) is 12.1 Å². The second kappa shape index (κ2) is 6.05. The van der Waals surface area contributed by atoms with Crippen LogP contribution >= 0.6 is 0 Å². The number of H-pyrrole nitrogens is 1. The van der Waals surface area contributed by atoms with Crippen molar-refractivity contribution in [3.63, 3.8) is 0 Å². The summed E-state index contributed by atoms with van der Waals surface area (Å²) >= 11 is 0. The molecule has 0 amide bonds. The summed E-state index contributed by atoms with van der Waals surface area (Å²) in [5.74, 6) is -0.0906. The Morgan fingerprint density at radius 3 is 2.89 bits per heavy atom. The van der Waals surface area contributed by atoms with E-state index in [9.17, 15) is 4.39 Å². The highest BCUT2D eigenvalue weighted by molar-refractivity contribution is 5.60. The van der Waals surface area contributed by atoms with E-state index in [0.29, 0.717) is 24.3 Å². The first-order valence-electron chi connectivity index (χ1n) is 5.91. The van der Waals surface area contributed by atoms with Gasteiger partial charge in [0.15, 0.2) is 11.5 Å². The monoisotopic (exact) mass is 262 g/mol. The summed E-state index contributed by atoms with van der Waals surface area (Å²) in [6.45, 7) is 0.569. The first kappa shape index (κ1) is 13.2. The van der Waals surface area contributed by atoms with Crippen LogP contribution < -0.4 is 11.5 Å². The van der Waals surface area contributed by atoms with Crippen LogP contribution in [0.4, 0.5) is 21.6 Å². The average Bonchev–Trinajstić information content (AvgIpc) is 2.75. The van der Waals surface area contributed by atoms with Crippen LogP contribution in [0.15, 0.2) is 34.5 Å². The van der Waals surface area contributed by atoms with Crippen molar-refractivity contribution < 1.29 is 4.39 Å². The van der Waals surface area contributed by atoms with Gasteiger partial charge in [0.25, 0.3) is 0 Å². The highest BCUT2D eigenvalue weighted by atomic mass is 19.1. The molecule has 19 heavy (non-hydrogen) atoms. The van der Waals surface area contributed by atoms with Crippen molar-refractivity contribution in [1.29, 1.82) is 0 Å². The predicted octanol–water partition coefficient (Wildman–Crippen LogP) is 2.44. The van der Waals surface area contributed by atoms with Crippen LogP contribution in [0.25, 0.3) is 0 Å². The molecular formula is C12H15FN6. The minimum absolute atomic E-state index is 0.271. The van der Waals surface area contributed by atoms with E-state index in [1.54, 1.807) is 12.1 Å². The summed E-state index contributed by atoms with van der Waals surface area (Å²) in [7, 11) is 0. The molecule has 2 rings (SSSR count). The van der Waals surface area contributed by atoms with Crippen molar-refractivity contribution in [3.05, 3.63) is 35.8 Å². The number of aromatic amines is 1. The van der Waals surface area contributed by atoms with Gasteiger partial charge in [-0.05, 0) is 31.5 Å². The number of benzene rings is 1. The minimum atomic E-state index is -0.361. The number of aryl methyl sites for hydroxylation is 1. The summed E-state index contributed by atoms with van der Waals surface area (Å²) in [4.78, 5) is 0. The van der Waals surface area contributed by atoms with Gasteiger partial charge in [-0.15, -0.1) is 5.11 Å². The second-order valence-corrected chi connectivity index (χ2v) is 4.01. The summed E-state index contributed by atoms with van der Waals surface area (Å²) < 4.78 is 13.0. The van der Waals surface area contributed by atoms with Crippen molar-refractivity contribution in [1.82, 2.24) is 10.2 Å². The van der Waals surface area contributed by atoms with Crippen LogP contribution in [0.5, 0.6) is 0 Å². The molecule has 5 N–H and O–H groups in total. The fraction of sp³-hybridized carbons (Fsp3) is 0.250. The molecule has 0 bridgehead atoms. The normalized spacial score (nSPS) is 11.3. The van der Waals surface area contributed by atoms with Gasteiger partial charge in [0.1, 0.15) is 5.82 Å². The number of rotatable bonds is 5. The zero-order valence-corrected chi connectivity index (χ0v) is 10.3. The Morgan fingerprint density at radius 2 is 2.16 bits per heavy atom. The van der Waals surface area contributed by atoms with Gasteiger partial charge in [-0.3, -0.25) is 5.10 Å². The molecular weight excluding hydrogens is 247 g/mol. The van der Waals surface area contributed by atoms with E-state index >= 15 is 0 Å². The van der Waals surface area contributed by atoms with Crippen LogP contribution in [0.3, 0.4) is 0 Å². The van der Waals surface area contributed by atoms with E-state index in [1.807, 2.05) is 0 Å². The molecule has 0 aliphatic rings. The number of nitrogens with one attached hydrogen (secondary N) is 1. The number of aromatic nitrogens is 2. The zero-order valence-electron chi connectivity index (χ0n) is 10.3. The molecule has 0 radical (unpaired) electrons. The number of azo groups is 1. The number of anilines is 1. The zero-order chi connectivity index (χ0) is 13.7. The molecule has 6 nitrogen and oxygen atoms in total. The molecule has 1 heterocycles. The quantitative estimate of drug-likeness (QED) is 0.720. The smallest absolute Gasteiger partial charge is 0.173 e. The summed E-state index contributed by atoms with van der Waals surface area (Å²) in [5.41, 5.74) is 12.8. The topological polar surface area (TPSA) is 105 Å². The molecule has 0 aliphatic heterocycles. The van der Waals surface area contributed by atoms with Crippen molar-refractivity contribution in [2.24, 2.45) is 16.0 Å². The van der Waals surface area contributed by atoms with E-state index in [0.717, 1.165) is 12.1 Å². The van der Waals surface area contributed by atoms with Crippen molar-refractivity contribution in [2.45, 2.75) is 12.8 Å². The lowest BCUT2D eigenvalue weighted by Crippen LogP contribution is -2.00. The van der Waals surface area contributed by atoms with E-state index in [1.165, 1.54) is 12.1 Å². The Labute approximate surface area is 109 Å². The maximum Gasteiger partial charge on any atom is 0.173 e. The molecule has 0 spiro atoms. The van der Waals surface area contributed by atoms with Crippen molar-refractivity contribution in [2.75, 3.05) is 12.3 Å². The highest BCUT2D eigenvalue weighted by Gasteiger charge is 2.09. The molecule has 7 heteroatoms. The summed E-state index contributed by atoms with van der Waals surface area (Å²) in [6.07, 6.45) is 1.49. The SMILES string of the molecule is NCCCc1[nH]nc(N)c1N=Nc1cccc(F)c1. The maximum absolute atomic E-state index is 13.0. The number of halogens is 1. The van der Waals surface area contributed by atoms with Gasteiger partial charge >= 0.3 is 0 Å². The number of nitrogen functional groups attached to an aromatic ring is 1. The first-order valence-corrected chi connectivity index (χ1v) is 5.91. The number of hydrogen-bond acceptors (Lipinski definition) is 5. The Bertz CT molecular complexity index is 577. The van der Waals surface area contributed by atoms with Crippen LogP contribution in [0.2, 0.25) is 0 Å². The van der Waals surface area contributed by atoms with Gasteiger partial charge in [0.05, 0.1) is 11.4 Å². The third-order valence-corrected chi connectivity index (χ3v) is 2.54. The molecule has 1 aromatic heterocycles. The van der Waals surface area contributed by atoms with Crippen molar-refractivity contribution in [3.8, 4) is 0 Å². The van der Waals surface area contributed by atoms with E-state index in [-0.39, 0.29) is 11.6 Å². The van der Waals surface area contributed by atoms with Crippen LogP contribution in [-0.2, 0) is 6.42 Å². The first-order chi connectivity index (χ1) is 9.20. The fourth-order valence-corrected chi connectivity index (χ4v) is 1.60. The molecule has 0 unspecified atom stereocenters. The van der Waals surface area contributed by atoms with Crippen molar-refractivity contribution >= 4 is 17.2 Å². The highest BCUT2D eigenvalue weighted by Crippen LogP contribution is 2.27. The molecule has 2 aromatic rings. The summed E-state index contributed by atoms with van der Waals surface area (Å²) in [5, 5.41) is 14.7. The third kappa shape index (κ3) is 3.35. The molecule has 0 atom stereocenters. The molecule has 0 saturated carbocycles. The average molecular weight is 262 g/mol. The lowest BCUT2D eigenvalue weighted by Gasteiger charge is -1.97. The van der Waals surface area contributed by atoms with Gasteiger partial charge < -0.3 is 11.5 Å². The molecule has 0 fully saturated rings. The maximum atomic E-state index is 13.0. The number of hydrogen-bond donors (Lipinski definition) is 3. The number of nitrogens with zero attached hydrogens (tertiary/aromatic N) is 3. The Hall–Kier alpha value is -2.28. The van der Waals surface area contributed by atoms with Gasteiger partial charge in [-0.1, -0.05) is 6.07 Å². The van der Waals surface area contributed by atoms with Crippen LogP contribution in [0, 0.1) is 5.82 Å². The fourth-order valence-electron chi connectivity index (χ4n) is 1.60. The van der Waals surface area contributed by atoms with E-state index in [2.05, 4.69) is 20.4 Å². The largest absolute Gasteiger partial charge is 0.380 e. The molecule has 0 aliphatic carbocycles.